The smallest absolute Gasteiger partial charge is 0.408 e. The van der Waals surface area contributed by atoms with E-state index in [9.17, 15) is 19.2 Å². The van der Waals surface area contributed by atoms with Crippen molar-refractivity contribution in [3.63, 3.8) is 0 Å². The highest BCUT2D eigenvalue weighted by molar-refractivity contribution is 6.04. The van der Waals surface area contributed by atoms with Crippen LogP contribution in [-0.4, -0.2) is 62.3 Å². The molecule has 2 aromatic carbocycles. The molecule has 200 valence electrons. The molecule has 2 aromatic rings. The summed E-state index contributed by atoms with van der Waals surface area (Å²) in [6, 6.07) is 15.4. The zero-order valence-electron chi connectivity index (χ0n) is 22.1. The fraction of sp³-hybridized carbons (Fsp3) is 0.407. The summed E-state index contributed by atoms with van der Waals surface area (Å²) in [5.74, 6) is -1.13. The monoisotopic (exact) mass is 513 g/mol. The highest BCUT2D eigenvalue weighted by atomic mass is 16.6. The van der Waals surface area contributed by atoms with Crippen LogP contribution in [0.4, 0.5) is 16.2 Å². The molecule has 0 aliphatic carbocycles. The van der Waals surface area contributed by atoms with E-state index < -0.39 is 30.1 Å². The van der Waals surface area contributed by atoms with E-state index in [1.54, 1.807) is 84.1 Å². The number of likely N-dealkylation sites (N-methyl/N-ethyl adjacent to an activating group) is 1. The quantitative estimate of drug-likeness (QED) is 0.483. The first kappa shape index (κ1) is 29.2. The minimum Gasteiger partial charge on any atom is -0.482 e. The van der Waals surface area contributed by atoms with Crippen LogP contribution in [0.1, 0.15) is 34.6 Å². The van der Waals surface area contributed by atoms with Crippen LogP contribution in [0.15, 0.2) is 54.6 Å². The third-order valence-corrected chi connectivity index (χ3v) is 4.75. The first-order valence-corrected chi connectivity index (χ1v) is 11.9. The fourth-order valence-corrected chi connectivity index (χ4v) is 3.10. The van der Waals surface area contributed by atoms with E-state index in [4.69, 9.17) is 14.2 Å². The van der Waals surface area contributed by atoms with Crippen LogP contribution in [-0.2, 0) is 23.9 Å². The Kier molecular flexibility index (Phi) is 10.5. The van der Waals surface area contributed by atoms with Gasteiger partial charge in [-0.2, -0.15) is 0 Å². The van der Waals surface area contributed by atoms with Crippen molar-refractivity contribution in [1.82, 2.24) is 5.32 Å². The maximum absolute atomic E-state index is 13.2. The molecule has 0 atom stereocenters. The number of carbonyl (C=O) groups is 4. The summed E-state index contributed by atoms with van der Waals surface area (Å²) in [6.07, 6.45) is -1.03. The van der Waals surface area contributed by atoms with Gasteiger partial charge in [0, 0.05) is 24.5 Å². The third kappa shape index (κ3) is 10.2. The van der Waals surface area contributed by atoms with Gasteiger partial charge in [0.2, 0.25) is 11.8 Å². The SMILES string of the molecule is CC(C)OC(=O)COc1cccc(N(CC(=O)N(C)c2ccccc2)C(=O)CNC(=O)OC(C)(C)C)c1. The van der Waals surface area contributed by atoms with Crippen molar-refractivity contribution in [1.29, 1.82) is 0 Å². The van der Waals surface area contributed by atoms with E-state index in [-0.39, 0.29) is 25.2 Å². The van der Waals surface area contributed by atoms with Gasteiger partial charge in [0.15, 0.2) is 6.61 Å². The summed E-state index contributed by atoms with van der Waals surface area (Å²) >= 11 is 0. The topological polar surface area (TPSA) is 114 Å². The van der Waals surface area contributed by atoms with Crippen LogP contribution in [0, 0.1) is 0 Å². The molecule has 37 heavy (non-hydrogen) atoms. The molecule has 0 bridgehead atoms. The summed E-state index contributed by atoms with van der Waals surface area (Å²) in [5, 5.41) is 2.43. The molecule has 0 spiro atoms. The minimum atomic E-state index is -0.755. The number of rotatable bonds is 10. The fourth-order valence-electron chi connectivity index (χ4n) is 3.10. The molecule has 3 amide bonds. The van der Waals surface area contributed by atoms with Crippen molar-refractivity contribution in [3.05, 3.63) is 54.6 Å². The van der Waals surface area contributed by atoms with Crippen molar-refractivity contribution in [2.75, 3.05) is 36.5 Å². The lowest BCUT2D eigenvalue weighted by Gasteiger charge is -2.26. The largest absolute Gasteiger partial charge is 0.482 e. The van der Waals surface area contributed by atoms with Gasteiger partial charge in [-0.1, -0.05) is 24.3 Å². The molecule has 2 rings (SSSR count). The highest BCUT2D eigenvalue weighted by Gasteiger charge is 2.24. The number of nitrogens with one attached hydrogen (secondary N) is 1. The van der Waals surface area contributed by atoms with E-state index in [1.165, 1.54) is 15.9 Å². The van der Waals surface area contributed by atoms with E-state index in [0.29, 0.717) is 17.1 Å². The predicted octanol–water partition coefficient (Wildman–Crippen LogP) is 3.54. The molecule has 0 unspecified atom stereocenters. The maximum Gasteiger partial charge on any atom is 0.408 e. The molecule has 0 aliphatic rings. The molecule has 0 aliphatic heterocycles. The summed E-state index contributed by atoms with van der Waals surface area (Å²) < 4.78 is 15.8. The number of para-hydroxylation sites is 1. The van der Waals surface area contributed by atoms with Gasteiger partial charge in [0.05, 0.1) is 6.10 Å². The van der Waals surface area contributed by atoms with Gasteiger partial charge in [-0.25, -0.2) is 9.59 Å². The Morgan fingerprint density at radius 1 is 0.919 bits per heavy atom. The first-order chi connectivity index (χ1) is 17.4. The number of benzene rings is 2. The zero-order valence-corrected chi connectivity index (χ0v) is 22.1. The van der Waals surface area contributed by atoms with E-state index in [1.807, 2.05) is 6.07 Å². The van der Waals surface area contributed by atoms with Crippen LogP contribution >= 0.6 is 0 Å². The third-order valence-electron chi connectivity index (χ3n) is 4.75. The van der Waals surface area contributed by atoms with Crippen LogP contribution in [0.3, 0.4) is 0 Å². The molecule has 0 heterocycles. The van der Waals surface area contributed by atoms with Crippen LogP contribution in [0.2, 0.25) is 0 Å². The van der Waals surface area contributed by atoms with Gasteiger partial charge in [-0.3, -0.25) is 9.59 Å². The highest BCUT2D eigenvalue weighted by Crippen LogP contribution is 2.22. The molecule has 1 N–H and O–H groups in total. The lowest BCUT2D eigenvalue weighted by atomic mass is 10.2. The Labute approximate surface area is 217 Å². The maximum atomic E-state index is 13.2. The predicted molar refractivity (Wildman–Crippen MR) is 140 cm³/mol. The van der Waals surface area contributed by atoms with Crippen molar-refractivity contribution in [3.8, 4) is 5.75 Å². The van der Waals surface area contributed by atoms with Gasteiger partial charge in [0.25, 0.3) is 0 Å². The van der Waals surface area contributed by atoms with Crippen LogP contribution in [0.25, 0.3) is 0 Å². The standard InChI is InChI=1S/C27H35N3O7/c1-19(2)36-25(33)18-35-22-14-10-13-21(15-22)30(23(31)16-28-26(34)37-27(3,4)5)17-24(32)29(6)20-11-8-7-9-12-20/h7-15,19H,16-18H2,1-6H3,(H,28,34). The lowest BCUT2D eigenvalue weighted by molar-refractivity contribution is -0.149. The summed E-state index contributed by atoms with van der Waals surface area (Å²) in [7, 11) is 1.61. The molecular weight excluding hydrogens is 478 g/mol. The Balaban J connectivity index is 2.22. The van der Waals surface area contributed by atoms with E-state index in [0.717, 1.165) is 0 Å². The average molecular weight is 514 g/mol. The molecule has 0 radical (unpaired) electrons. The number of esters is 1. The molecule has 0 saturated carbocycles. The number of anilines is 2. The van der Waals surface area contributed by atoms with E-state index in [2.05, 4.69) is 5.32 Å². The number of ether oxygens (including phenoxy) is 3. The van der Waals surface area contributed by atoms with Gasteiger partial charge in [-0.05, 0) is 58.9 Å². The summed E-state index contributed by atoms with van der Waals surface area (Å²) in [5.41, 5.74) is 0.275. The average Bonchev–Trinajstić information content (AvgIpc) is 2.83. The Morgan fingerprint density at radius 3 is 2.19 bits per heavy atom. The van der Waals surface area contributed by atoms with Crippen molar-refractivity contribution in [2.45, 2.75) is 46.3 Å². The number of hydrogen-bond donors (Lipinski definition) is 1. The summed E-state index contributed by atoms with van der Waals surface area (Å²) in [6.45, 7) is 7.57. The second kappa shape index (κ2) is 13.3. The van der Waals surface area contributed by atoms with E-state index >= 15 is 0 Å². The lowest BCUT2D eigenvalue weighted by Crippen LogP contribution is -2.46. The van der Waals surface area contributed by atoms with Gasteiger partial charge in [-0.15, -0.1) is 0 Å². The number of nitrogens with zero attached hydrogens (tertiary/aromatic N) is 2. The molecule has 0 fully saturated rings. The van der Waals surface area contributed by atoms with Gasteiger partial charge < -0.3 is 29.3 Å². The Bertz CT molecular complexity index is 1080. The van der Waals surface area contributed by atoms with Crippen LogP contribution in [0.5, 0.6) is 5.75 Å². The van der Waals surface area contributed by atoms with Crippen molar-refractivity contribution < 1.29 is 33.4 Å². The zero-order chi connectivity index (χ0) is 27.6. The summed E-state index contributed by atoms with van der Waals surface area (Å²) in [4.78, 5) is 52.9. The molecule has 0 aromatic heterocycles. The van der Waals surface area contributed by atoms with Crippen molar-refractivity contribution in [2.24, 2.45) is 0 Å². The van der Waals surface area contributed by atoms with Gasteiger partial charge >= 0.3 is 12.1 Å². The first-order valence-electron chi connectivity index (χ1n) is 11.9. The molecule has 10 nitrogen and oxygen atoms in total. The second-order valence-electron chi connectivity index (χ2n) is 9.45. The molecule has 0 saturated heterocycles. The number of alkyl carbamates (subject to hydrolysis) is 1. The number of hydrogen-bond acceptors (Lipinski definition) is 7. The number of carbonyl (C=O) groups excluding carboxylic acids is 4. The van der Waals surface area contributed by atoms with Crippen molar-refractivity contribution >= 4 is 35.3 Å². The Morgan fingerprint density at radius 2 is 1.57 bits per heavy atom. The normalized spacial score (nSPS) is 10.9. The Hall–Kier alpha value is -4.08. The second-order valence-corrected chi connectivity index (χ2v) is 9.45. The van der Waals surface area contributed by atoms with Crippen LogP contribution < -0.4 is 19.9 Å². The molecular formula is C27H35N3O7. The molecule has 10 heteroatoms. The number of amides is 3. The van der Waals surface area contributed by atoms with Gasteiger partial charge in [0.1, 0.15) is 24.4 Å². The minimum absolute atomic E-state index is 0.277.